The summed E-state index contributed by atoms with van der Waals surface area (Å²) in [6.45, 7) is 0.933. The third kappa shape index (κ3) is 2.51. The molecular formula is C11H11BrClNO2S. The van der Waals surface area contributed by atoms with E-state index in [0.717, 1.165) is 10.9 Å². The molecule has 17 heavy (non-hydrogen) atoms. The fraction of sp³-hybridized carbons (Fsp3) is 0.545. The molecule has 0 saturated carbocycles. The van der Waals surface area contributed by atoms with Crippen molar-refractivity contribution in [1.82, 2.24) is 0 Å². The molecule has 2 unspecified atom stereocenters. The molecule has 6 heteroatoms. The van der Waals surface area contributed by atoms with Crippen LogP contribution in [-0.4, -0.2) is 18.3 Å². The summed E-state index contributed by atoms with van der Waals surface area (Å²) in [5, 5.41) is 19.7. The summed E-state index contributed by atoms with van der Waals surface area (Å²) in [5.41, 5.74) is -0.841. The van der Waals surface area contributed by atoms with Crippen LogP contribution >= 0.6 is 38.9 Å². The van der Waals surface area contributed by atoms with Gasteiger partial charge in [-0.1, -0.05) is 11.6 Å². The lowest BCUT2D eigenvalue weighted by atomic mass is 9.78. The molecule has 92 valence electrons. The minimum atomic E-state index is -0.846. The molecule has 1 aromatic rings. The Morgan fingerprint density at radius 2 is 2.47 bits per heavy atom. The number of nitriles is 1. The summed E-state index contributed by atoms with van der Waals surface area (Å²) in [6.07, 6.45) is 0.601. The molecule has 1 saturated heterocycles. The minimum Gasteiger partial charge on any atom is -0.386 e. The molecular weight excluding hydrogens is 326 g/mol. The van der Waals surface area contributed by atoms with Gasteiger partial charge < -0.3 is 9.84 Å². The van der Waals surface area contributed by atoms with E-state index in [4.69, 9.17) is 16.3 Å². The van der Waals surface area contributed by atoms with Crippen molar-refractivity contribution in [1.29, 1.82) is 5.26 Å². The van der Waals surface area contributed by atoms with E-state index < -0.39 is 11.5 Å². The van der Waals surface area contributed by atoms with Gasteiger partial charge >= 0.3 is 0 Å². The highest BCUT2D eigenvalue weighted by molar-refractivity contribution is 9.10. The Morgan fingerprint density at radius 3 is 2.94 bits per heavy atom. The van der Waals surface area contributed by atoms with Gasteiger partial charge in [0.2, 0.25) is 0 Å². The standard InChI is InChI=1S/C11H11BrClNO2S/c12-7-4-8(17-10(7)13)9(15)11(5-14)2-1-3-16-6-11/h4,9,15H,1-3,6H2. The molecule has 0 amide bonds. The quantitative estimate of drug-likeness (QED) is 0.899. The summed E-state index contributed by atoms with van der Waals surface area (Å²) in [5.74, 6) is 0. The summed E-state index contributed by atoms with van der Waals surface area (Å²) in [4.78, 5) is 0.703. The Labute approximate surface area is 117 Å². The largest absolute Gasteiger partial charge is 0.386 e. The van der Waals surface area contributed by atoms with Gasteiger partial charge in [-0.3, -0.25) is 0 Å². The molecule has 2 rings (SSSR count). The van der Waals surface area contributed by atoms with Gasteiger partial charge in [-0.25, -0.2) is 0 Å². The van der Waals surface area contributed by atoms with Crippen LogP contribution in [0.2, 0.25) is 4.34 Å². The number of halogens is 2. The first-order chi connectivity index (χ1) is 8.09. The van der Waals surface area contributed by atoms with Crippen molar-refractivity contribution < 1.29 is 9.84 Å². The fourth-order valence-electron chi connectivity index (χ4n) is 1.95. The molecule has 2 atom stereocenters. The molecule has 2 heterocycles. The Hall–Kier alpha value is -0.120. The van der Waals surface area contributed by atoms with Crippen LogP contribution in [0.15, 0.2) is 10.5 Å². The number of hydrogen-bond donors (Lipinski definition) is 1. The summed E-state index contributed by atoms with van der Waals surface area (Å²) >= 11 is 10.5. The fourth-order valence-corrected chi connectivity index (χ4v) is 3.79. The summed E-state index contributed by atoms with van der Waals surface area (Å²) in [6, 6.07) is 3.99. The predicted octanol–water partition coefficient (Wildman–Crippen LogP) is 3.52. The monoisotopic (exact) mass is 335 g/mol. The number of aliphatic hydroxyl groups excluding tert-OH is 1. The topological polar surface area (TPSA) is 53.2 Å². The molecule has 0 bridgehead atoms. The van der Waals surface area contributed by atoms with Crippen molar-refractivity contribution in [2.24, 2.45) is 5.41 Å². The zero-order chi connectivity index (χ0) is 12.5. The lowest BCUT2D eigenvalue weighted by molar-refractivity contribution is -0.0492. The number of ether oxygens (including phenoxy) is 1. The third-order valence-corrected chi connectivity index (χ3v) is 5.48. The van der Waals surface area contributed by atoms with Crippen LogP contribution in [0, 0.1) is 16.7 Å². The average Bonchev–Trinajstić information content (AvgIpc) is 2.69. The van der Waals surface area contributed by atoms with E-state index in [1.54, 1.807) is 6.07 Å². The van der Waals surface area contributed by atoms with Crippen molar-refractivity contribution in [2.75, 3.05) is 13.2 Å². The molecule has 0 spiro atoms. The molecule has 0 aliphatic carbocycles. The van der Waals surface area contributed by atoms with Gasteiger partial charge in [-0.05, 0) is 34.8 Å². The maximum Gasteiger partial charge on any atom is 0.111 e. The highest BCUT2D eigenvalue weighted by Crippen LogP contribution is 2.45. The number of nitrogens with zero attached hydrogens (tertiary/aromatic N) is 1. The molecule has 0 aromatic carbocycles. The molecule has 1 aromatic heterocycles. The van der Waals surface area contributed by atoms with E-state index in [1.807, 2.05) is 0 Å². The van der Waals surface area contributed by atoms with Gasteiger partial charge in [-0.2, -0.15) is 5.26 Å². The Morgan fingerprint density at radius 1 is 1.71 bits per heavy atom. The second kappa shape index (κ2) is 5.25. The van der Waals surface area contributed by atoms with E-state index in [1.165, 1.54) is 11.3 Å². The van der Waals surface area contributed by atoms with Crippen LogP contribution in [0.4, 0.5) is 0 Å². The average molecular weight is 337 g/mol. The zero-order valence-electron chi connectivity index (χ0n) is 8.95. The predicted molar refractivity (Wildman–Crippen MR) is 70.1 cm³/mol. The minimum absolute atomic E-state index is 0.276. The van der Waals surface area contributed by atoms with Gasteiger partial charge in [-0.15, -0.1) is 11.3 Å². The van der Waals surface area contributed by atoms with E-state index in [9.17, 15) is 10.4 Å². The van der Waals surface area contributed by atoms with Crippen LogP contribution in [-0.2, 0) is 4.74 Å². The van der Waals surface area contributed by atoms with Crippen molar-refractivity contribution in [3.8, 4) is 6.07 Å². The van der Waals surface area contributed by atoms with Gasteiger partial charge in [0.25, 0.3) is 0 Å². The summed E-state index contributed by atoms with van der Waals surface area (Å²) < 4.78 is 6.67. The van der Waals surface area contributed by atoms with Gasteiger partial charge in [0.15, 0.2) is 0 Å². The van der Waals surface area contributed by atoms with Crippen molar-refractivity contribution in [2.45, 2.75) is 18.9 Å². The first kappa shape index (κ1) is 13.3. The number of hydrogen-bond acceptors (Lipinski definition) is 4. The van der Waals surface area contributed by atoms with Crippen molar-refractivity contribution >= 4 is 38.9 Å². The van der Waals surface area contributed by atoms with E-state index in [0.29, 0.717) is 22.2 Å². The number of thiophene rings is 1. The van der Waals surface area contributed by atoms with Crippen LogP contribution in [0.3, 0.4) is 0 Å². The maximum absolute atomic E-state index is 10.4. The van der Waals surface area contributed by atoms with Crippen molar-refractivity contribution in [3.63, 3.8) is 0 Å². The normalized spacial score (nSPS) is 26.5. The van der Waals surface area contributed by atoms with Gasteiger partial charge in [0.05, 0.1) is 12.7 Å². The molecule has 1 N–H and O–H groups in total. The number of rotatable bonds is 2. The van der Waals surface area contributed by atoms with Crippen molar-refractivity contribution in [3.05, 3.63) is 19.8 Å². The molecule has 3 nitrogen and oxygen atoms in total. The molecule has 1 fully saturated rings. The highest BCUT2D eigenvalue weighted by Gasteiger charge is 2.42. The summed E-state index contributed by atoms with van der Waals surface area (Å²) in [7, 11) is 0. The van der Waals surface area contributed by atoms with Gasteiger partial charge in [0, 0.05) is 16.0 Å². The Balaban J connectivity index is 2.28. The van der Waals surface area contributed by atoms with Crippen LogP contribution in [0.5, 0.6) is 0 Å². The molecule has 1 aliphatic heterocycles. The lowest BCUT2D eigenvalue weighted by Crippen LogP contribution is -2.36. The third-order valence-electron chi connectivity index (χ3n) is 2.95. The van der Waals surface area contributed by atoms with E-state index in [-0.39, 0.29) is 6.61 Å². The second-order valence-corrected chi connectivity index (χ2v) is 6.64. The highest BCUT2D eigenvalue weighted by atomic mass is 79.9. The second-order valence-electron chi connectivity index (χ2n) is 4.10. The zero-order valence-corrected chi connectivity index (χ0v) is 12.1. The van der Waals surface area contributed by atoms with Gasteiger partial charge in [0.1, 0.15) is 15.9 Å². The van der Waals surface area contributed by atoms with Crippen LogP contribution in [0.25, 0.3) is 0 Å². The number of aliphatic hydroxyl groups is 1. The SMILES string of the molecule is N#CC1(C(O)c2cc(Br)c(Cl)s2)CCCOC1. The Bertz CT molecular complexity index is 431. The molecule has 1 aliphatic rings. The maximum atomic E-state index is 10.4. The van der Waals surface area contributed by atoms with Crippen LogP contribution < -0.4 is 0 Å². The van der Waals surface area contributed by atoms with Crippen LogP contribution in [0.1, 0.15) is 23.8 Å². The Kier molecular flexibility index (Phi) is 4.11. The van der Waals surface area contributed by atoms with E-state index >= 15 is 0 Å². The van der Waals surface area contributed by atoms with E-state index in [2.05, 4.69) is 22.0 Å². The lowest BCUT2D eigenvalue weighted by Gasteiger charge is -2.34. The smallest absolute Gasteiger partial charge is 0.111 e. The molecule has 0 radical (unpaired) electrons. The first-order valence-electron chi connectivity index (χ1n) is 5.21. The first-order valence-corrected chi connectivity index (χ1v) is 7.19.